The lowest BCUT2D eigenvalue weighted by Gasteiger charge is -2.15. The number of esters is 1. The molecule has 0 bridgehead atoms. The third kappa shape index (κ3) is 4.92. The Morgan fingerprint density at radius 1 is 1.22 bits per heavy atom. The van der Waals surface area contributed by atoms with Crippen molar-refractivity contribution in [3.63, 3.8) is 0 Å². The summed E-state index contributed by atoms with van der Waals surface area (Å²) in [4.78, 5) is 13.8. The van der Waals surface area contributed by atoms with Crippen molar-refractivity contribution in [2.75, 3.05) is 53.7 Å². The number of ether oxygens (including phenoxy) is 3. The van der Waals surface area contributed by atoms with Crippen molar-refractivity contribution >= 4 is 5.97 Å². The zero-order valence-corrected chi connectivity index (χ0v) is 11.7. The first-order valence-corrected chi connectivity index (χ1v) is 6.56. The van der Waals surface area contributed by atoms with Gasteiger partial charge in [0.15, 0.2) is 0 Å². The Kier molecular flexibility index (Phi) is 7.23. The molecule has 2 unspecified atom stereocenters. The molecule has 1 rings (SSSR count). The highest BCUT2D eigenvalue weighted by molar-refractivity contribution is 5.73. The fourth-order valence-corrected chi connectivity index (χ4v) is 2.31. The fourth-order valence-electron chi connectivity index (χ4n) is 2.31. The summed E-state index contributed by atoms with van der Waals surface area (Å²) in [5.74, 6) is 0.292. The van der Waals surface area contributed by atoms with Crippen molar-refractivity contribution in [3.05, 3.63) is 0 Å². The summed E-state index contributed by atoms with van der Waals surface area (Å²) in [6.07, 6.45) is 0.928. The zero-order chi connectivity index (χ0) is 13.4. The van der Waals surface area contributed by atoms with Crippen molar-refractivity contribution < 1.29 is 19.0 Å². The number of hydrogen-bond acceptors (Lipinski definition) is 5. The monoisotopic (exact) mass is 259 g/mol. The number of carbonyl (C=O) groups excluding carboxylic acids is 1. The molecule has 0 aliphatic carbocycles. The van der Waals surface area contributed by atoms with Crippen LogP contribution in [0.2, 0.25) is 0 Å². The van der Waals surface area contributed by atoms with Gasteiger partial charge in [0.05, 0.1) is 19.6 Å². The van der Waals surface area contributed by atoms with Crippen molar-refractivity contribution in [2.24, 2.45) is 11.8 Å². The summed E-state index contributed by atoms with van der Waals surface area (Å²) in [6, 6.07) is 0. The molecule has 0 radical (unpaired) electrons. The largest absolute Gasteiger partial charge is 0.469 e. The molecule has 0 aromatic carbocycles. The molecule has 5 heteroatoms. The summed E-state index contributed by atoms with van der Waals surface area (Å²) in [5, 5.41) is 0. The number of rotatable bonds is 8. The average Bonchev–Trinajstić information content (AvgIpc) is 2.74. The van der Waals surface area contributed by atoms with Crippen LogP contribution < -0.4 is 0 Å². The molecule has 106 valence electrons. The van der Waals surface area contributed by atoms with Crippen LogP contribution in [-0.4, -0.2) is 64.5 Å². The van der Waals surface area contributed by atoms with Crippen LogP contribution in [0, 0.1) is 11.8 Å². The van der Waals surface area contributed by atoms with Gasteiger partial charge in [0.1, 0.15) is 0 Å². The maximum atomic E-state index is 11.5. The molecule has 1 aliphatic heterocycles. The van der Waals surface area contributed by atoms with E-state index in [9.17, 15) is 4.79 Å². The van der Waals surface area contributed by atoms with Crippen LogP contribution in [0.1, 0.15) is 13.3 Å². The van der Waals surface area contributed by atoms with E-state index < -0.39 is 0 Å². The molecule has 0 saturated carbocycles. The van der Waals surface area contributed by atoms with Crippen LogP contribution in [-0.2, 0) is 19.0 Å². The Morgan fingerprint density at radius 2 is 2.00 bits per heavy atom. The lowest BCUT2D eigenvalue weighted by atomic mass is 9.99. The van der Waals surface area contributed by atoms with E-state index in [1.165, 1.54) is 7.11 Å². The zero-order valence-electron chi connectivity index (χ0n) is 11.7. The standard InChI is InChI=1S/C13H25NO4/c1-11-9-14(10-12(11)13(15)17-3)5-8-18-7-4-6-16-2/h11-12H,4-10H2,1-3H3. The molecule has 0 aromatic heterocycles. The SMILES string of the molecule is COCCCOCCN1CC(C)C(C(=O)OC)C1. The van der Waals surface area contributed by atoms with Crippen LogP contribution in [0.25, 0.3) is 0 Å². The number of nitrogens with zero attached hydrogens (tertiary/aromatic N) is 1. The van der Waals surface area contributed by atoms with Gasteiger partial charge in [-0.1, -0.05) is 6.92 Å². The van der Waals surface area contributed by atoms with Crippen LogP contribution >= 0.6 is 0 Å². The first kappa shape index (κ1) is 15.4. The third-order valence-corrected chi connectivity index (χ3v) is 3.38. The predicted octanol–water partition coefficient (Wildman–Crippen LogP) is 0.780. The van der Waals surface area contributed by atoms with Crippen molar-refractivity contribution in [2.45, 2.75) is 13.3 Å². The molecule has 0 amide bonds. The van der Waals surface area contributed by atoms with Crippen LogP contribution in [0.4, 0.5) is 0 Å². The van der Waals surface area contributed by atoms with Gasteiger partial charge in [-0.25, -0.2) is 0 Å². The van der Waals surface area contributed by atoms with Gasteiger partial charge in [-0.2, -0.15) is 0 Å². The van der Waals surface area contributed by atoms with Gasteiger partial charge in [-0.05, 0) is 12.3 Å². The van der Waals surface area contributed by atoms with Gasteiger partial charge in [0.25, 0.3) is 0 Å². The van der Waals surface area contributed by atoms with Gasteiger partial charge in [0.2, 0.25) is 0 Å². The predicted molar refractivity (Wildman–Crippen MR) is 68.4 cm³/mol. The molecule has 1 fully saturated rings. The molecule has 0 N–H and O–H groups in total. The Balaban J connectivity index is 2.12. The Morgan fingerprint density at radius 3 is 2.67 bits per heavy atom. The highest BCUT2D eigenvalue weighted by Crippen LogP contribution is 2.23. The lowest BCUT2D eigenvalue weighted by molar-refractivity contribution is -0.146. The van der Waals surface area contributed by atoms with E-state index in [0.29, 0.717) is 12.5 Å². The summed E-state index contributed by atoms with van der Waals surface area (Å²) in [5.41, 5.74) is 0. The molecular weight excluding hydrogens is 234 g/mol. The van der Waals surface area contributed by atoms with Crippen molar-refractivity contribution in [1.29, 1.82) is 0 Å². The maximum absolute atomic E-state index is 11.5. The first-order chi connectivity index (χ1) is 8.69. The van der Waals surface area contributed by atoms with E-state index in [2.05, 4.69) is 11.8 Å². The van der Waals surface area contributed by atoms with E-state index in [-0.39, 0.29) is 11.9 Å². The highest BCUT2D eigenvalue weighted by atomic mass is 16.5. The van der Waals surface area contributed by atoms with Gasteiger partial charge in [-0.15, -0.1) is 0 Å². The first-order valence-electron chi connectivity index (χ1n) is 6.56. The second kappa shape index (κ2) is 8.45. The topological polar surface area (TPSA) is 48.0 Å². The highest BCUT2D eigenvalue weighted by Gasteiger charge is 2.35. The number of methoxy groups -OCH3 is 2. The maximum Gasteiger partial charge on any atom is 0.310 e. The van der Waals surface area contributed by atoms with Crippen molar-refractivity contribution in [3.8, 4) is 0 Å². The second-order valence-corrected chi connectivity index (χ2v) is 4.83. The minimum absolute atomic E-state index is 0.0171. The van der Waals surface area contributed by atoms with Gasteiger partial charge in [0, 0.05) is 40.0 Å². The molecule has 0 spiro atoms. The Labute approximate surface area is 109 Å². The molecule has 0 aromatic rings. The molecule has 5 nitrogen and oxygen atoms in total. The number of carbonyl (C=O) groups is 1. The van der Waals surface area contributed by atoms with E-state index in [0.717, 1.165) is 39.3 Å². The third-order valence-electron chi connectivity index (χ3n) is 3.38. The smallest absolute Gasteiger partial charge is 0.310 e. The normalized spacial score (nSPS) is 24.4. The van der Waals surface area contributed by atoms with E-state index >= 15 is 0 Å². The molecular formula is C13H25NO4. The summed E-state index contributed by atoms with van der Waals surface area (Å²) in [7, 11) is 3.15. The summed E-state index contributed by atoms with van der Waals surface area (Å²) < 4.78 is 15.3. The average molecular weight is 259 g/mol. The quantitative estimate of drug-likeness (QED) is 0.476. The molecule has 1 aliphatic rings. The van der Waals surface area contributed by atoms with E-state index in [4.69, 9.17) is 14.2 Å². The Bertz CT molecular complexity index is 247. The minimum atomic E-state index is -0.0917. The van der Waals surface area contributed by atoms with Crippen molar-refractivity contribution in [1.82, 2.24) is 4.90 Å². The summed E-state index contributed by atoms with van der Waals surface area (Å²) >= 11 is 0. The minimum Gasteiger partial charge on any atom is -0.469 e. The van der Waals surface area contributed by atoms with Crippen LogP contribution in [0.5, 0.6) is 0 Å². The molecule has 1 heterocycles. The second-order valence-electron chi connectivity index (χ2n) is 4.83. The van der Waals surface area contributed by atoms with Gasteiger partial charge >= 0.3 is 5.97 Å². The fraction of sp³-hybridized carbons (Fsp3) is 0.923. The number of likely N-dealkylation sites (tertiary alicyclic amines) is 1. The van der Waals surface area contributed by atoms with E-state index in [1.54, 1.807) is 7.11 Å². The van der Waals surface area contributed by atoms with E-state index in [1.807, 2.05) is 0 Å². The van der Waals surface area contributed by atoms with Gasteiger partial charge < -0.3 is 14.2 Å². The Hall–Kier alpha value is -0.650. The number of hydrogen-bond donors (Lipinski definition) is 0. The summed E-state index contributed by atoms with van der Waals surface area (Å²) in [6.45, 7) is 6.90. The molecule has 1 saturated heterocycles. The van der Waals surface area contributed by atoms with Gasteiger partial charge in [-0.3, -0.25) is 9.69 Å². The lowest BCUT2D eigenvalue weighted by Crippen LogP contribution is -2.27. The van der Waals surface area contributed by atoms with Crippen LogP contribution in [0.3, 0.4) is 0 Å². The molecule has 18 heavy (non-hydrogen) atoms. The van der Waals surface area contributed by atoms with Crippen LogP contribution in [0.15, 0.2) is 0 Å². The molecule has 2 atom stereocenters.